The molecule has 1 aromatic heterocycles. The molecule has 3 aromatic rings. The van der Waals surface area contributed by atoms with Gasteiger partial charge in [0.15, 0.2) is 0 Å². The lowest BCUT2D eigenvalue weighted by Gasteiger charge is -2.33. The second-order valence-electron chi connectivity index (χ2n) is 6.94. The van der Waals surface area contributed by atoms with Crippen LogP contribution in [-0.4, -0.2) is 23.1 Å². The number of rotatable bonds is 2. The molecule has 4 rings (SSSR count). The molecule has 26 heavy (non-hydrogen) atoms. The summed E-state index contributed by atoms with van der Waals surface area (Å²) < 4.78 is 39.7. The molecule has 0 spiro atoms. The van der Waals surface area contributed by atoms with Gasteiger partial charge in [0.1, 0.15) is 5.69 Å². The van der Waals surface area contributed by atoms with E-state index in [1.807, 2.05) is 36.4 Å². The molecule has 1 aliphatic carbocycles. The second kappa shape index (κ2) is 6.34. The van der Waals surface area contributed by atoms with E-state index in [2.05, 4.69) is 10.3 Å². The predicted octanol–water partition coefficient (Wildman–Crippen LogP) is 5.17. The Hall–Kier alpha value is -2.50. The number of halogens is 3. The van der Waals surface area contributed by atoms with E-state index >= 15 is 0 Å². The van der Waals surface area contributed by atoms with Gasteiger partial charge in [-0.3, -0.25) is 4.79 Å². The molecule has 3 nitrogen and oxygen atoms in total. The largest absolute Gasteiger partial charge is 0.393 e. The van der Waals surface area contributed by atoms with E-state index in [4.69, 9.17) is 0 Å². The molecule has 0 bridgehead atoms. The lowest BCUT2D eigenvalue weighted by atomic mass is 9.84. The van der Waals surface area contributed by atoms with Crippen LogP contribution >= 0.6 is 0 Å². The van der Waals surface area contributed by atoms with Gasteiger partial charge in [0.05, 0.1) is 5.92 Å². The third-order valence-corrected chi connectivity index (χ3v) is 5.28. The number of fused-ring (bicyclic) bond motifs is 3. The van der Waals surface area contributed by atoms with Gasteiger partial charge in [-0.1, -0.05) is 43.2 Å². The van der Waals surface area contributed by atoms with Crippen molar-refractivity contribution in [2.75, 3.05) is 0 Å². The maximum Gasteiger partial charge on any atom is 0.393 e. The molecule has 0 saturated heterocycles. The molecule has 1 aliphatic rings. The lowest BCUT2D eigenvalue weighted by Crippen LogP contribution is -2.47. The fraction of sp³-hybridized carbons (Fsp3) is 0.350. The number of aromatic amines is 1. The monoisotopic (exact) mass is 360 g/mol. The number of carbonyl (C=O) groups is 1. The first-order valence-corrected chi connectivity index (χ1v) is 8.81. The molecule has 0 radical (unpaired) electrons. The summed E-state index contributed by atoms with van der Waals surface area (Å²) in [6.45, 7) is 0. The van der Waals surface area contributed by atoms with Gasteiger partial charge in [-0.2, -0.15) is 13.2 Å². The number of hydrogen-bond acceptors (Lipinski definition) is 1. The Bertz CT molecular complexity index is 960. The summed E-state index contributed by atoms with van der Waals surface area (Å²) in [5.41, 5.74) is 1.09. The summed E-state index contributed by atoms with van der Waals surface area (Å²) >= 11 is 0. The van der Waals surface area contributed by atoms with E-state index in [1.165, 1.54) is 0 Å². The predicted molar refractivity (Wildman–Crippen MR) is 95.1 cm³/mol. The van der Waals surface area contributed by atoms with E-state index in [0.717, 1.165) is 21.7 Å². The standard InChI is InChI=1S/C20H19F3N2O/c21-20(22,23)15-7-3-4-8-17(15)25-19(26)18-11-14-13-6-2-1-5-12(13)9-10-16(14)24-18/h1-2,5-6,9-11,15,17,24H,3-4,7-8H2,(H,25,26)/t15-,17-/m1/s1. The van der Waals surface area contributed by atoms with Crippen molar-refractivity contribution in [3.05, 3.63) is 48.2 Å². The Morgan fingerprint density at radius 2 is 1.81 bits per heavy atom. The van der Waals surface area contributed by atoms with Gasteiger partial charge >= 0.3 is 6.18 Å². The molecular weight excluding hydrogens is 341 g/mol. The van der Waals surface area contributed by atoms with Crippen LogP contribution in [0.15, 0.2) is 42.5 Å². The minimum absolute atomic E-state index is 0.0752. The number of alkyl halides is 3. The topological polar surface area (TPSA) is 44.9 Å². The number of benzene rings is 2. The molecule has 1 amide bonds. The lowest BCUT2D eigenvalue weighted by molar-refractivity contribution is -0.187. The number of hydrogen-bond donors (Lipinski definition) is 2. The molecule has 2 aromatic carbocycles. The van der Waals surface area contributed by atoms with Crippen LogP contribution in [0.3, 0.4) is 0 Å². The molecule has 2 atom stereocenters. The van der Waals surface area contributed by atoms with Crippen LogP contribution in [0, 0.1) is 5.92 Å². The number of carbonyl (C=O) groups excluding carboxylic acids is 1. The minimum atomic E-state index is -4.28. The van der Waals surface area contributed by atoms with Gasteiger partial charge in [-0.25, -0.2) is 0 Å². The van der Waals surface area contributed by atoms with Gasteiger partial charge in [0, 0.05) is 16.9 Å². The van der Waals surface area contributed by atoms with Crippen LogP contribution < -0.4 is 5.32 Å². The fourth-order valence-electron chi connectivity index (χ4n) is 3.95. The van der Waals surface area contributed by atoms with Crippen molar-refractivity contribution in [2.45, 2.75) is 37.9 Å². The zero-order chi connectivity index (χ0) is 18.3. The Labute approximate surface area is 148 Å². The highest BCUT2D eigenvalue weighted by molar-refractivity contribution is 6.09. The molecular formula is C20H19F3N2O. The number of aromatic nitrogens is 1. The van der Waals surface area contributed by atoms with Crippen molar-refractivity contribution in [3.8, 4) is 0 Å². The van der Waals surface area contributed by atoms with Crippen molar-refractivity contribution >= 4 is 27.6 Å². The van der Waals surface area contributed by atoms with Gasteiger partial charge in [-0.05, 0) is 35.7 Å². The van der Waals surface area contributed by atoms with Crippen molar-refractivity contribution < 1.29 is 18.0 Å². The zero-order valence-corrected chi connectivity index (χ0v) is 14.1. The summed E-state index contributed by atoms with van der Waals surface area (Å²) in [7, 11) is 0. The number of H-pyrrole nitrogens is 1. The first-order valence-electron chi connectivity index (χ1n) is 8.81. The van der Waals surface area contributed by atoms with Crippen molar-refractivity contribution in [1.82, 2.24) is 10.3 Å². The maximum absolute atomic E-state index is 13.2. The van der Waals surface area contributed by atoms with Crippen LogP contribution in [0.1, 0.15) is 36.2 Å². The minimum Gasteiger partial charge on any atom is -0.351 e. The highest BCUT2D eigenvalue weighted by Gasteiger charge is 2.46. The summed E-state index contributed by atoms with van der Waals surface area (Å²) in [5.74, 6) is -1.95. The first kappa shape index (κ1) is 16.9. The molecule has 2 N–H and O–H groups in total. The second-order valence-corrected chi connectivity index (χ2v) is 6.94. The summed E-state index contributed by atoms with van der Waals surface area (Å²) in [4.78, 5) is 15.6. The Kier molecular flexibility index (Phi) is 4.13. The van der Waals surface area contributed by atoms with E-state index in [9.17, 15) is 18.0 Å². The number of nitrogens with one attached hydrogen (secondary N) is 2. The molecule has 1 saturated carbocycles. The van der Waals surface area contributed by atoms with Gasteiger partial charge in [0.2, 0.25) is 0 Å². The molecule has 1 fully saturated rings. The van der Waals surface area contributed by atoms with E-state index in [-0.39, 0.29) is 6.42 Å². The van der Waals surface area contributed by atoms with Crippen molar-refractivity contribution in [3.63, 3.8) is 0 Å². The fourth-order valence-corrected chi connectivity index (χ4v) is 3.95. The zero-order valence-electron chi connectivity index (χ0n) is 14.1. The van der Waals surface area contributed by atoms with Crippen molar-refractivity contribution in [1.29, 1.82) is 0 Å². The van der Waals surface area contributed by atoms with Gasteiger partial charge in [-0.15, -0.1) is 0 Å². The molecule has 1 heterocycles. The average molecular weight is 360 g/mol. The van der Waals surface area contributed by atoms with E-state index in [0.29, 0.717) is 25.0 Å². The molecule has 0 aliphatic heterocycles. The third-order valence-electron chi connectivity index (χ3n) is 5.28. The Morgan fingerprint density at radius 1 is 1.04 bits per heavy atom. The van der Waals surface area contributed by atoms with Crippen LogP contribution in [0.5, 0.6) is 0 Å². The van der Waals surface area contributed by atoms with Gasteiger partial charge < -0.3 is 10.3 Å². The number of amides is 1. The van der Waals surface area contributed by atoms with Crippen LogP contribution in [-0.2, 0) is 0 Å². The van der Waals surface area contributed by atoms with E-state index in [1.54, 1.807) is 6.07 Å². The Balaban J connectivity index is 1.63. The van der Waals surface area contributed by atoms with Gasteiger partial charge in [0.25, 0.3) is 5.91 Å². The summed E-state index contributed by atoms with van der Waals surface area (Å²) in [5, 5.41) is 5.56. The van der Waals surface area contributed by atoms with E-state index < -0.39 is 24.0 Å². The highest BCUT2D eigenvalue weighted by Crippen LogP contribution is 2.38. The van der Waals surface area contributed by atoms with Crippen LogP contribution in [0.4, 0.5) is 13.2 Å². The molecule has 136 valence electrons. The highest BCUT2D eigenvalue weighted by atomic mass is 19.4. The van der Waals surface area contributed by atoms with Crippen LogP contribution in [0.25, 0.3) is 21.7 Å². The van der Waals surface area contributed by atoms with Crippen molar-refractivity contribution in [2.24, 2.45) is 5.92 Å². The normalized spacial score (nSPS) is 21.2. The smallest absolute Gasteiger partial charge is 0.351 e. The molecule has 0 unspecified atom stereocenters. The van der Waals surface area contributed by atoms with Crippen LogP contribution in [0.2, 0.25) is 0 Å². The third kappa shape index (κ3) is 3.04. The first-order chi connectivity index (χ1) is 12.4. The molecule has 6 heteroatoms. The summed E-state index contributed by atoms with van der Waals surface area (Å²) in [6.07, 6.45) is -2.59. The Morgan fingerprint density at radius 3 is 2.62 bits per heavy atom. The quantitative estimate of drug-likeness (QED) is 0.650. The SMILES string of the molecule is O=C(N[C@@H]1CCCC[C@H]1C(F)(F)F)c1cc2c(ccc3ccccc32)[nH]1. The summed E-state index contributed by atoms with van der Waals surface area (Å²) in [6, 6.07) is 12.5. The maximum atomic E-state index is 13.2. The average Bonchev–Trinajstić information content (AvgIpc) is 3.06.